The molecule has 1 aromatic carbocycles. The molecule has 0 unspecified atom stereocenters. The number of para-hydroxylation sites is 1. The van der Waals surface area contributed by atoms with E-state index < -0.39 is 0 Å². The first-order chi connectivity index (χ1) is 10.7. The molecule has 0 amide bonds. The zero-order valence-corrected chi connectivity index (χ0v) is 13.8. The molecule has 0 aliphatic heterocycles. The Morgan fingerprint density at radius 3 is 2.36 bits per heavy atom. The van der Waals surface area contributed by atoms with Gasteiger partial charge < -0.3 is 9.67 Å². The number of aromatic nitrogens is 1. The van der Waals surface area contributed by atoms with Crippen molar-refractivity contribution in [2.24, 2.45) is 7.05 Å². The molecule has 0 aliphatic rings. The van der Waals surface area contributed by atoms with Crippen LogP contribution in [-0.4, -0.2) is 9.67 Å². The number of nitrogens with zero attached hydrogens (tertiary/aromatic N) is 1. The fraction of sp³-hybridized carbons (Fsp3) is 0.526. The summed E-state index contributed by atoms with van der Waals surface area (Å²) in [6, 6.07) is 7.52. The number of rotatable bonds is 8. The van der Waals surface area contributed by atoms with Crippen LogP contribution >= 0.6 is 0 Å². The van der Waals surface area contributed by atoms with E-state index in [1.54, 1.807) is 11.6 Å². The molecule has 2 rings (SSSR count). The van der Waals surface area contributed by atoms with Gasteiger partial charge in [-0.25, -0.2) is 0 Å². The van der Waals surface area contributed by atoms with E-state index in [0.717, 1.165) is 23.7 Å². The SMILES string of the molecule is CCCCCCCCCc1c(O)c2ccccc2n(C)c1=O. The van der Waals surface area contributed by atoms with Crippen molar-refractivity contribution in [1.82, 2.24) is 4.57 Å². The summed E-state index contributed by atoms with van der Waals surface area (Å²) in [6.45, 7) is 2.22. The standard InChI is InChI=1S/C19H27NO2/c1-3-4-5-6-7-8-9-13-16-18(21)15-12-10-11-14-17(15)20(2)19(16)22/h10-12,14,21H,3-9,13H2,1-2H3. The highest BCUT2D eigenvalue weighted by molar-refractivity contribution is 5.86. The number of hydrogen-bond acceptors (Lipinski definition) is 2. The average Bonchev–Trinajstić information content (AvgIpc) is 2.54. The normalized spacial score (nSPS) is 11.2. The molecule has 0 radical (unpaired) electrons. The summed E-state index contributed by atoms with van der Waals surface area (Å²) in [4.78, 5) is 12.4. The van der Waals surface area contributed by atoms with Crippen LogP contribution in [0.5, 0.6) is 5.75 Å². The van der Waals surface area contributed by atoms with Crippen LogP contribution in [0.25, 0.3) is 10.9 Å². The van der Waals surface area contributed by atoms with E-state index >= 15 is 0 Å². The molecule has 1 heterocycles. The summed E-state index contributed by atoms with van der Waals surface area (Å²) < 4.78 is 1.64. The van der Waals surface area contributed by atoms with Gasteiger partial charge in [0.25, 0.3) is 5.56 Å². The lowest BCUT2D eigenvalue weighted by Crippen LogP contribution is -2.21. The highest BCUT2D eigenvalue weighted by atomic mass is 16.3. The molecule has 0 bridgehead atoms. The van der Waals surface area contributed by atoms with Crippen molar-refractivity contribution in [3.05, 3.63) is 40.2 Å². The van der Waals surface area contributed by atoms with Gasteiger partial charge in [-0.05, 0) is 25.0 Å². The van der Waals surface area contributed by atoms with E-state index in [2.05, 4.69) is 6.92 Å². The minimum Gasteiger partial charge on any atom is -0.507 e. The lowest BCUT2D eigenvalue weighted by molar-refractivity contribution is 0.469. The zero-order valence-electron chi connectivity index (χ0n) is 13.8. The topological polar surface area (TPSA) is 42.2 Å². The van der Waals surface area contributed by atoms with Crippen LogP contribution < -0.4 is 5.56 Å². The van der Waals surface area contributed by atoms with Gasteiger partial charge in [-0.2, -0.15) is 0 Å². The number of fused-ring (bicyclic) bond motifs is 1. The van der Waals surface area contributed by atoms with Gasteiger partial charge in [-0.3, -0.25) is 4.79 Å². The largest absolute Gasteiger partial charge is 0.507 e. The fourth-order valence-corrected chi connectivity index (χ4v) is 3.03. The Morgan fingerprint density at radius 2 is 1.64 bits per heavy atom. The van der Waals surface area contributed by atoms with Crippen molar-refractivity contribution in [2.45, 2.75) is 58.3 Å². The second kappa shape index (κ2) is 8.02. The summed E-state index contributed by atoms with van der Waals surface area (Å²) in [5.74, 6) is 0.171. The number of benzene rings is 1. The average molecular weight is 301 g/mol. The maximum Gasteiger partial charge on any atom is 0.257 e. The molecule has 2 aromatic rings. The highest BCUT2D eigenvalue weighted by Gasteiger charge is 2.13. The number of aryl methyl sites for hydroxylation is 1. The van der Waals surface area contributed by atoms with Crippen molar-refractivity contribution >= 4 is 10.9 Å². The van der Waals surface area contributed by atoms with E-state index in [1.165, 1.54) is 32.1 Å². The third-order valence-electron chi connectivity index (χ3n) is 4.40. The molecule has 1 aromatic heterocycles. The second-order valence-electron chi connectivity index (χ2n) is 6.08. The van der Waals surface area contributed by atoms with Crippen molar-refractivity contribution in [1.29, 1.82) is 0 Å². The highest BCUT2D eigenvalue weighted by Crippen LogP contribution is 2.26. The number of pyridine rings is 1. The first-order valence-corrected chi connectivity index (χ1v) is 8.46. The molecule has 3 heteroatoms. The van der Waals surface area contributed by atoms with Crippen LogP contribution in [0.1, 0.15) is 57.4 Å². The van der Waals surface area contributed by atoms with Gasteiger partial charge in [0.2, 0.25) is 0 Å². The van der Waals surface area contributed by atoms with Crippen molar-refractivity contribution < 1.29 is 5.11 Å². The molecule has 22 heavy (non-hydrogen) atoms. The maximum absolute atomic E-state index is 12.4. The molecule has 1 N–H and O–H groups in total. The summed E-state index contributed by atoms with van der Waals surface area (Å²) >= 11 is 0. The van der Waals surface area contributed by atoms with Crippen LogP contribution in [0.3, 0.4) is 0 Å². The van der Waals surface area contributed by atoms with Gasteiger partial charge in [-0.15, -0.1) is 0 Å². The minimum absolute atomic E-state index is 0.0674. The number of hydrogen-bond donors (Lipinski definition) is 1. The molecule has 0 saturated heterocycles. The Kier molecular flexibility index (Phi) is 6.05. The summed E-state index contributed by atoms with van der Waals surface area (Å²) in [5.41, 5.74) is 1.28. The zero-order chi connectivity index (χ0) is 15.9. The van der Waals surface area contributed by atoms with Gasteiger partial charge in [0.1, 0.15) is 5.75 Å². The molecule has 3 nitrogen and oxygen atoms in total. The van der Waals surface area contributed by atoms with Crippen LogP contribution in [0.4, 0.5) is 0 Å². The van der Waals surface area contributed by atoms with Gasteiger partial charge >= 0.3 is 0 Å². The predicted molar refractivity (Wildman–Crippen MR) is 92.6 cm³/mol. The molecule has 0 atom stereocenters. The fourth-order valence-electron chi connectivity index (χ4n) is 3.03. The predicted octanol–water partition coefficient (Wildman–Crippen LogP) is 4.54. The number of aromatic hydroxyl groups is 1. The number of unbranched alkanes of at least 4 members (excludes halogenated alkanes) is 6. The van der Waals surface area contributed by atoms with Gasteiger partial charge in [-0.1, -0.05) is 57.6 Å². The molecular weight excluding hydrogens is 274 g/mol. The van der Waals surface area contributed by atoms with Crippen LogP contribution in [0, 0.1) is 0 Å². The molecule has 0 aliphatic carbocycles. The second-order valence-corrected chi connectivity index (χ2v) is 6.08. The molecule has 120 valence electrons. The van der Waals surface area contributed by atoms with Crippen molar-refractivity contribution in [3.63, 3.8) is 0 Å². The Labute approximate surface area is 132 Å². The third kappa shape index (κ3) is 3.70. The first-order valence-electron chi connectivity index (χ1n) is 8.46. The monoisotopic (exact) mass is 301 g/mol. The smallest absolute Gasteiger partial charge is 0.257 e. The van der Waals surface area contributed by atoms with Gasteiger partial charge in [0.15, 0.2) is 0 Å². The molecule has 0 spiro atoms. The van der Waals surface area contributed by atoms with Crippen LogP contribution in [0.2, 0.25) is 0 Å². The lowest BCUT2D eigenvalue weighted by atomic mass is 10.0. The van der Waals surface area contributed by atoms with Gasteiger partial charge in [0, 0.05) is 12.4 Å². The van der Waals surface area contributed by atoms with Crippen LogP contribution in [0.15, 0.2) is 29.1 Å². The summed E-state index contributed by atoms with van der Waals surface area (Å²) in [6.07, 6.45) is 9.13. The Hall–Kier alpha value is -1.77. The Balaban J connectivity index is 2.04. The van der Waals surface area contributed by atoms with E-state index in [-0.39, 0.29) is 11.3 Å². The van der Waals surface area contributed by atoms with Gasteiger partial charge in [0.05, 0.1) is 11.1 Å². The Morgan fingerprint density at radius 1 is 1.00 bits per heavy atom. The molecule has 0 saturated carbocycles. The van der Waals surface area contributed by atoms with Crippen molar-refractivity contribution in [3.8, 4) is 5.75 Å². The van der Waals surface area contributed by atoms with E-state index in [4.69, 9.17) is 0 Å². The Bertz CT molecular complexity index is 673. The van der Waals surface area contributed by atoms with Crippen LogP contribution in [-0.2, 0) is 13.5 Å². The molecular formula is C19H27NO2. The summed E-state index contributed by atoms with van der Waals surface area (Å²) in [7, 11) is 1.78. The lowest BCUT2D eigenvalue weighted by Gasteiger charge is -2.11. The van der Waals surface area contributed by atoms with Crippen molar-refractivity contribution in [2.75, 3.05) is 0 Å². The first kappa shape index (κ1) is 16.6. The van der Waals surface area contributed by atoms with E-state index in [9.17, 15) is 9.90 Å². The van der Waals surface area contributed by atoms with E-state index in [0.29, 0.717) is 12.0 Å². The third-order valence-corrected chi connectivity index (χ3v) is 4.40. The summed E-state index contributed by atoms with van der Waals surface area (Å²) in [5, 5.41) is 11.2. The maximum atomic E-state index is 12.4. The van der Waals surface area contributed by atoms with E-state index in [1.807, 2.05) is 24.3 Å². The molecule has 0 fully saturated rings. The minimum atomic E-state index is -0.0674. The quantitative estimate of drug-likeness (QED) is 0.727.